The van der Waals surface area contributed by atoms with Crippen LogP contribution in [0.5, 0.6) is 0 Å². The van der Waals surface area contributed by atoms with Gasteiger partial charge >= 0.3 is 6.03 Å². The maximum atomic E-state index is 12.2. The molecule has 1 atom stereocenters. The minimum Gasteiger partial charge on any atom is -0.378 e. The lowest BCUT2D eigenvalue weighted by Gasteiger charge is -2.29. The number of halogens is 2. The van der Waals surface area contributed by atoms with E-state index in [-0.39, 0.29) is 12.1 Å². The number of urea groups is 1. The average Bonchev–Trinajstić information content (AvgIpc) is 2.65. The zero-order chi connectivity index (χ0) is 18.5. The molecule has 0 spiro atoms. The van der Waals surface area contributed by atoms with Crippen molar-refractivity contribution < 1.29 is 9.53 Å². The van der Waals surface area contributed by atoms with Crippen LogP contribution in [0.2, 0.25) is 10.0 Å². The molecule has 0 saturated carbocycles. The normalized spacial score (nSPS) is 15.4. The number of ether oxygens (including phenoxy) is 1. The molecule has 0 bridgehead atoms. The number of nitrogens with zero attached hydrogens (tertiary/aromatic N) is 1. The highest BCUT2D eigenvalue weighted by molar-refractivity contribution is 6.36. The molecule has 1 aliphatic rings. The lowest BCUT2D eigenvalue weighted by Crippen LogP contribution is -2.36. The van der Waals surface area contributed by atoms with Crippen molar-refractivity contribution in [2.45, 2.75) is 13.0 Å². The van der Waals surface area contributed by atoms with Crippen molar-refractivity contribution in [2.75, 3.05) is 36.5 Å². The average molecular weight is 394 g/mol. The number of nitrogens with one attached hydrogen (secondary N) is 2. The van der Waals surface area contributed by atoms with Gasteiger partial charge in [-0.1, -0.05) is 35.3 Å². The second-order valence-corrected chi connectivity index (χ2v) is 6.98. The van der Waals surface area contributed by atoms with E-state index in [1.54, 1.807) is 18.2 Å². The molecule has 0 aliphatic carbocycles. The predicted molar refractivity (Wildman–Crippen MR) is 107 cm³/mol. The number of hydrogen-bond donors (Lipinski definition) is 2. The Morgan fingerprint density at radius 1 is 1.12 bits per heavy atom. The third-order valence-corrected chi connectivity index (χ3v) is 4.84. The Labute approximate surface area is 163 Å². The Hall–Kier alpha value is -1.95. The molecule has 1 fully saturated rings. The van der Waals surface area contributed by atoms with Crippen molar-refractivity contribution in [1.82, 2.24) is 5.32 Å². The SMILES string of the molecule is CC(NC(=O)Nc1ccc(Cl)cc1Cl)c1ccc(N2CCOCC2)cc1. The lowest BCUT2D eigenvalue weighted by molar-refractivity contribution is 0.122. The number of amides is 2. The summed E-state index contributed by atoms with van der Waals surface area (Å²) in [6.07, 6.45) is 0. The molecule has 2 amide bonds. The third-order valence-electron chi connectivity index (χ3n) is 4.30. The first-order chi connectivity index (χ1) is 12.5. The second-order valence-electron chi connectivity index (χ2n) is 6.14. The van der Waals surface area contributed by atoms with Gasteiger partial charge in [-0.05, 0) is 42.8 Å². The van der Waals surface area contributed by atoms with Crippen molar-refractivity contribution >= 4 is 40.6 Å². The maximum absolute atomic E-state index is 12.2. The Morgan fingerprint density at radius 3 is 2.46 bits per heavy atom. The van der Waals surface area contributed by atoms with E-state index in [9.17, 15) is 4.79 Å². The molecule has 7 heteroatoms. The third kappa shape index (κ3) is 4.81. The first kappa shape index (κ1) is 18.8. The van der Waals surface area contributed by atoms with Crippen LogP contribution < -0.4 is 15.5 Å². The lowest BCUT2D eigenvalue weighted by atomic mass is 10.1. The fraction of sp³-hybridized carbons (Fsp3) is 0.316. The summed E-state index contributed by atoms with van der Waals surface area (Å²) in [5.41, 5.74) is 2.71. The molecule has 3 rings (SSSR count). The predicted octanol–water partition coefficient (Wildman–Crippen LogP) is 4.71. The molecule has 1 unspecified atom stereocenters. The van der Waals surface area contributed by atoms with Gasteiger partial charge in [-0.2, -0.15) is 0 Å². The van der Waals surface area contributed by atoms with E-state index in [0.29, 0.717) is 15.7 Å². The minimum atomic E-state index is -0.320. The van der Waals surface area contributed by atoms with Crippen LogP contribution in [-0.4, -0.2) is 32.3 Å². The van der Waals surface area contributed by atoms with Gasteiger partial charge in [0.25, 0.3) is 0 Å². The number of morpholine rings is 1. The second kappa shape index (κ2) is 8.62. The summed E-state index contributed by atoms with van der Waals surface area (Å²) in [5, 5.41) is 6.57. The summed E-state index contributed by atoms with van der Waals surface area (Å²) in [4.78, 5) is 14.5. The van der Waals surface area contributed by atoms with E-state index in [4.69, 9.17) is 27.9 Å². The summed E-state index contributed by atoms with van der Waals surface area (Å²) < 4.78 is 5.38. The Kier molecular flexibility index (Phi) is 6.25. The Morgan fingerprint density at radius 2 is 1.81 bits per heavy atom. The summed E-state index contributed by atoms with van der Waals surface area (Å²) >= 11 is 11.9. The largest absolute Gasteiger partial charge is 0.378 e. The number of carbonyl (C=O) groups excluding carboxylic acids is 1. The van der Waals surface area contributed by atoms with Gasteiger partial charge in [0, 0.05) is 23.8 Å². The van der Waals surface area contributed by atoms with Gasteiger partial charge in [0.1, 0.15) is 0 Å². The zero-order valence-electron chi connectivity index (χ0n) is 14.5. The topological polar surface area (TPSA) is 53.6 Å². The highest BCUT2D eigenvalue weighted by atomic mass is 35.5. The first-order valence-corrected chi connectivity index (χ1v) is 9.24. The molecule has 2 aromatic rings. The van der Waals surface area contributed by atoms with E-state index in [0.717, 1.165) is 31.9 Å². The number of benzene rings is 2. The van der Waals surface area contributed by atoms with Crippen molar-refractivity contribution in [3.05, 3.63) is 58.1 Å². The molecule has 0 radical (unpaired) electrons. The molecule has 2 N–H and O–H groups in total. The van der Waals surface area contributed by atoms with E-state index < -0.39 is 0 Å². The monoisotopic (exact) mass is 393 g/mol. The van der Waals surface area contributed by atoms with Gasteiger partial charge in [0.2, 0.25) is 0 Å². The molecule has 26 heavy (non-hydrogen) atoms. The molecule has 5 nitrogen and oxygen atoms in total. The van der Waals surface area contributed by atoms with Crippen LogP contribution in [-0.2, 0) is 4.74 Å². The standard InChI is InChI=1S/C19H21Cl2N3O2/c1-13(22-19(25)23-18-7-4-15(20)12-17(18)21)14-2-5-16(6-3-14)24-8-10-26-11-9-24/h2-7,12-13H,8-11H2,1H3,(H2,22,23,25). The molecule has 138 valence electrons. The maximum Gasteiger partial charge on any atom is 0.319 e. The van der Waals surface area contributed by atoms with Crippen LogP contribution >= 0.6 is 23.2 Å². The smallest absolute Gasteiger partial charge is 0.319 e. The number of hydrogen-bond acceptors (Lipinski definition) is 3. The fourth-order valence-corrected chi connectivity index (χ4v) is 3.28. The van der Waals surface area contributed by atoms with Crippen LogP contribution in [0.1, 0.15) is 18.5 Å². The van der Waals surface area contributed by atoms with Gasteiger partial charge in [0.15, 0.2) is 0 Å². The Bertz CT molecular complexity index is 762. The van der Waals surface area contributed by atoms with Gasteiger partial charge in [0.05, 0.1) is 30.0 Å². The van der Waals surface area contributed by atoms with E-state index >= 15 is 0 Å². The fourth-order valence-electron chi connectivity index (χ4n) is 2.82. The highest BCUT2D eigenvalue weighted by Gasteiger charge is 2.14. The zero-order valence-corrected chi connectivity index (χ0v) is 16.0. The van der Waals surface area contributed by atoms with Crippen molar-refractivity contribution in [2.24, 2.45) is 0 Å². The van der Waals surface area contributed by atoms with E-state index in [1.807, 2.05) is 19.1 Å². The van der Waals surface area contributed by atoms with E-state index in [1.165, 1.54) is 5.69 Å². The summed E-state index contributed by atoms with van der Waals surface area (Å²) in [5.74, 6) is 0. The van der Waals surface area contributed by atoms with Crippen LogP contribution in [0.25, 0.3) is 0 Å². The number of rotatable bonds is 4. The van der Waals surface area contributed by atoms with Gasteiger partial charge in [-0.15, -0.1) is 0 Å². The van der Waals surface area contributed by atoms with Gasteiger partial charge in [-0.25, -0.2) is 4.79 Å². The molecule has 1 saturated heterocycles. The minimum absolute atomic E-state index is 0.139. The van der Waals surface area contributed by atoms with E-state index in [2.05, 4.69) is 27.7 Å². The molecular formula is C19H21Cl2N3O2. The van der Waals surface area contributed by atoms with Crippen LogP contribution in [0.4, 0.5) is 16.2 Å². The summed E-state index contributed by atoms with van der Waals surface area (Å²) in [6, 6.07) is 12.7. The first-order valence-electron chi connectivity index (χ1n) is 8.48. The van der Waals surface area contributed by atoms with Gasteiger partial charge < -0.3 is 20.3 Å². The molecule has 0 aromatic heterocycles. The van der Waals surface area contributed by atoms with Crippen molar-refractivity contribution in [1.29, 1.82) is 0 Å². The number of carbonyl (C=O) groups is 1. The quantitative estimate of drug-likeness (QED) is 0.790. The van der Waals surface area contributed by atoms with Crippen molar-refractivity contribution in [3.63, 3.8) is 0 Å². The summed E-state index contributed by atoms with van der Waals surface area (Å²) in [7, 11) is 0. The molecule has 2 aromatic carbocycles. The Balaban J connectivity index is 1.58. The van der Waals surface area contributed by atoms with Gasteiger partial charge in [-0.3, -0.25) is 0 Å². The molecule has 1 heterocycles. The van der Waals surface area contributed by atoms with Crippen molar-refractivity contribution in [3.8, 4) is 0 Å². The highest BCUT2D eigenvalue weighted by Crippen LogP contribution is 2.25. The molecule has 1 aliphatic heterocycles. The van der Waals surface area contributed by atoms with Crippen LogP contribution in [0.15, 0.2) is 42.5 Å². The summed E-state index contributed by atoms with van der Waals surface area (Å²) in [6.45, 7) is 5.25. The van der Waals surface area contributed by atoms with Crippen LogP contribution in [0, 0.1) is 0 Å². The number of anilines is 2. The van der Waals surface area contributed by atoms with Crippen LogP contribution in [0.3, 0.4) is 0 Å². The molecular weight excluding hydrogens is 373 g/mol.